The number of methoxy groups -OCH3 is 1. The van der Waals surface area contributed by atoms with Gasteiger partial charge in [-0.05, 0) is 60.5 Å². The van der Waals surface area contributed by atoms with E-state index in [-0.39, 0.29) is 33.5 Å². The van der Waals surface area contributed by atoms with Gasteiger partial charge in [-0.1, -0.05) is 41.9 Å². The molecule has 0 radical (unpaired) electrons. The lowest BCUT2D eigenvalue weighted by atomic mass is 9.75. The molecule has 2 atom stereocenters. The molecule has 2 unspecified atom stereocenters. The van der Waals surface area contributed by atoms with E-state index in [2.05, 4.69) is 0 Å². The molecular weight excluding hydrogens is 511 g/mol. The number of aromatic nitrogens is 1. The third kappa shape index (κ3) is 4.34. The average molecular weight is 532 g/mol. The van der Waals surface area contributed by atoms with E-state index in [1.54, 1.807) is 0 Å². The highest BCUT2D eigenvalue weighted by atomic mass is 35.5. The van der Waals surface area contributed by atoms with E-state index in [0.29, 0.717) is 5.02 Å². The van der Waals surface area contributed by atoms with Crippen LogP contribution in [0.2, 0.25) is 5.02 Å². The van der Waals surface area contributed by atoms with Gasteiger partial charge >= 0.3 is 12.1 Å². The van der Waals surface area contributed by atoms with Crippen LogP contribution in [0.1, 0.15) is 33.1 Å². The van der Waals surface area contributed by atoms with Crippen LogP contribution in [0.5, 0.6) is 5.75 Å². The maximum Gasteiger partial charge on any atom is 0.422 e. The van der Waals surface area contributed by atoms with Crippen molar-refractivity contribution in [3.8, 4) is 5.75 Å². The molecule has 0 aliphatic carbocycles. The number of hydrogen-bond acceptors (Lipinski definition) is 4. The van der Waals surface area contributed by atoms with Crippen molar-refractivity contribution in [2.24, 2.45) is 0 Å². The number of aliphatic carboxylic acids is 1. The normalized spacial score (nSPS) is 14.2. The predicted octanol–water partition coefficient (Wildman–Crippen LogP) is 5.92. The molecule has 0 saturated heterocycles. The first-order chi connectivity index (χ1) is 17.4. The molecule has 37 heavy (non-hydrogen) atoms. The monoisotopic (exact) mass is 531 g/mol. The minimum atomic E-state index is -5.39. The number of carbonyl (C=O) groups is 2. The molecule has 0 spiro atoms. The summed E-state index contributed by atoms with van der Waals surface area (Å²) in [4.78, 5) is 26.1. The van der Waals surface area contributed by atoms with Gasteiger partial charge in [-0.15, -0.1) is 0 Å². The van der Waals surface area contributed by atoms with E-state index >= 15 is 0 Å². The van der Waals surface area contributed by atoms with Crippen LogP contribution >= 0.6 is 11.6 Å². The minimum absolute atomic E-state index is 0.0187. The first kappa shape index (κ1) is 26.2. The molecule has 4 rings (SSSR count). The summed E-state index contributed by atoms with van der Waals surface area (Å²) < 4.78 is 50.2. The molecule has 0 aliphatic rings. The van der Waals surface area contributed by atoms with Crippen LogP contribution in [0.4, 0.5) is 13.2 Å². The molecule has 0 saturated carbocycles. The number of alkyl halides is 3. The molecule has 10 heteroatoms. The summed E-state index contributed by atoms with van der Waals surface area (Å²) in [7, 11) is 1.34. The van der Waals surface area contributed by atoms with Crippen molar-refractivity contribution in [3.05, 3.63) is 100 Å². The van der Waals surface area contributed by atoms with Gasteiger partial charge in [0.25, 0.3) is 5.91 Å². The van der Waals surface area contributed by atoms with E-state index < -0.39 is 35.1 Å². The molecular formula is C27H21ClF3NO5. The number of halogens is 4. The summed E-state index contributed by atoms with van der Waals surface area (Å²) in [6.07, 6.45) is -5.39. The number of rotatable bonds is 6. The van der Waals surface area contributed by atoms with Gasteiger partial charge in [0.15, 0.2) is 0 Å². The molecule has 192 valence electrons. The van der Waals surface area contributed by atoms with Crippen molar-refractivity contribution < 1.29 is 37.7 Å². The number of nitrogens with zero attached hydrogens (tertiary/aromatic N) is 1. The molecule has 2 N–H and O–H groups in total. The highest BCUT2D eigenvalue weighted by Crippen LogP contribution is 2.51. The number of hydrogen-bond donors (Lipinski definition) is 2. The highest BCUT2D eigenvalue weighted by Gasteiger charge is 2.63. The SMILES string of the molecule is COc1ccc2c(c1)c(C(C(=O)O)C(O)(c1ccccc1)C(F)(F)F)c(C)n2C(=O)c1ccc(Cl)cc1. The molecule has 3 aromatic carbocycles. The summed E-state index contributed by atoms with van der Waals surface area (Å²) in [6, 6.07) is 16.2. The van der Waals surface area contributed by atoms with E-state index in [9.17, 15) is 33.0 Å². The fraction of sp³-hybridized carbons (Fsp3) is 0.185. The van der Waals surface area contributed by atoms with Gasteiger partial charge in [0, 0.05) is 21.7 Å². The third-order valence-electron chi connectivity index (χ3n) is 6.35. The lowest BCUT2D eigenvalue weighted by molar-refractivity contribution is -0.275. The molecule has 0 amide bonds. The van der Waals surface area contributed by atoms with Crippen LogP contribution in [0, 0.1) is 6.92 Å². The number of aliphatic hydroxyl groups is 1. The van der Waals surface area contributed by atoms with Crippen molar-refractivity contribution >= 4 is 34.4 Å². The molecule has 1 aromatic heterocycles. The van der Waals surface area contributed by atoms with Crippen LogP contribution in [0.25, 0.3) is 10.9 Å². The summed E-state index contributed by atoms with van der Waals surface area (Å²) >= 11 is 5.92. The number of benzene rings is 3. The van der Waals surface area contributed by atoms with Crippen molar-refractivity contribution in [1.29, 1.82) is 0 Å². The zero-order valence-electron chi connectivity index (χ0n) is 19.6. The number of carboxylic acids is 1. The number of fused-ring (bicyclic) bond motifs is 1. The van der Waals surface area contributed by atoms with Crippen LogP contribution < -0.4 is 4.74 Å². The molecule has 0 fully saturated rings. The minimum Gasteiger partial charge on any atom is -0.497 e. The average Bonchev–Trinajstić information content (AvgIpc) is 3.14. The Morgan fingerprint density at radius 1 is 1.00 bits per heavy atom. The van der Waals surface area contributed by atoms with Crippen LogP contribution in [0.15, 0.2) is 72.8 Å². The first-order valence-corrected chi connectivity index (χ1v) is 11.4. The maximum absolute atomic E-state index is 14.6. The van der Waals surface area contributed by atoms with Gasteiger partial charge in [0.2, 0.25) is 5.60 Å². The Balaban J connectivity index is 2.09. The zero-order valence-corrected chi connectivity index (χ0v) is 20.3. The standard InChI is InChI=1S/C27H21ClF3NO5/c1-15-22(23(25(34)35)26(36,27(29,30)31)17-6-4-3-5-7-17)20-14-19(37-2)12-13-21(20)32(15)24(33)16-8-10-18(28)11-9-16/h3-14,23,36H,1-2H3,(H,34,35). The molecule has 0 bridgehead atoms. The van der Waals surface area contributed by atoms with Crippen LogP contribution in [-0.4, -0.2) is 39.9 Å². The van der Waals surface area contributed by atoms with Gasteiger partial charge in [-0.25, -0.2) is 0 Å². The Morgan fingerprint density at radius 3 is 2.16 bits per heavy atom. The Hall–Kier alpha value is -3.82. The second-order valence-corrected chi connectivity index (χ2v) is 8.87. The van der Waals surface area contributed by atoms with E-state index in [0.717, 1.165) is 16.7 Å². The predicted molar refractivity (Wildman–Crippen MR) is 131 cm³/mol. The number of carboxylic acid groups (broad SMARTS) is 1. The third-order valence-corrected chi connectivity index (χ3v) is 6.61. The van der Waals surface area contributed by atoms with E-state index in [1.807, 2.05) is 0 Å². The number of carbonyl (C=O) groups excluding carboxylic acids is 1. The first-order valence-electron chi connectivity index (χ1n) is 11.0. The second-order valence-electron chi connectivity index (χ2n) is 8.43. The zero-order chi connectivity index (χ0) is 27.1. The fourth-order valence-electron chi connectivity index (χ4n) is 4.59. The van der Waals surface area contributed by atoms with Crippen molar-refractivity contribution in [3.63, 3.8) is 0 Å². The lowest BCUT2D eigenvalue weighted by Gasteiger charge is -2.36. The van der Waals surface area contributed by atoms with Crippen molar-refractivity contribution in [2.75, 3.05) is 7.11 Å². The summed E-state index contributed by atoms with van der Waals surface area (Å²) in [6.45, 7) is 1.34. The van der Waals surface area contributed by atoms with Crippen molar-refractivity contribution in [1.82, 2.24) is 4.57 Å². The molecule has 0 aliphatic heterocycles. The molecule has 1 heterocycles. The highest BCUT2D eigenvalue weighted by molar-refractivity contribution is 6.30. The van der Waals surface area contributed by atoms with Crippen molar-refractivity contribution in [2.45, 2.75) is 24.6 Å². The number of ether oxygens (including phenoxy) is 1. The van der Waals surface area contributed by atoms with E-state index in [4.69, 9.17) is 16.3 Å². The van der Waals surface area contributed by atoms with Gasteiger partial charge in [-0.3, -0.25) is 14.2 Å². The maximum atomic E-state index is 14.6. The summed E-state index contributed by atoms with van der Waals surface area (Å²) in [5.41, 5.74) is -4.59. The smallest absolute Gasteiger partial charge is 0.422 e. The van der Waals surface area contributed by atoms with Crippen LogP contribution in [0.3, 0.4) is 0 Å². The molecule has 4 aromatic rings. The lowest BCUT2D eigenvalue weighted by Crippen LogP contribution is -2.50. The fourth-order valence-corrected chi connectivity index (χ4v) is 4.72. The second kappa shape index (κ2) is 9.57. The molecule has 6 nitrogen and oxygen atoms in total. The van der Waals surface area contributed by atoms with Gasteiger partial charge in [0.05, 0.1) is 12.6 Å². The summed E-state index contributed by atoms with van der Waals surface area (Å²) in [5, 5.41) is 21.8. The quantitative estimate of drug-likeness (QED) is 0.322. The largest absolute Gasteiger partial charge is 0.497 e. The van der Waals surface area contributed by atoms with Gasteiger partial charge in [0.1, 0.15) is 11.7 Å². The Kier molecular flexibility index (Phi) is 6.79. The Bertz CT molecular complexity index is 1480. The Labute approximate surface area is 214 Å². The topological polar surface area (TPSA) is 88.8 Å². The van der Waals surface area contributed by atoms with E-state index in [1.165, 1.54) is 74.7 Å². The van der Waals surface area contributed by atoms with Crippen LogP contribution in [-0.2, 0) is 10.4 Å². The summed E-state index contributed by atoms with van der Waals surface area (Å²) in [5.74, 6) is -4.84. The van der Waals surface area contributed by atoms with Gasteiger partial charge in [-0.2, -0.15) is 13.2 Å². The Morgan fingerprint density at radius 2 is 1.62 bits per heavy atom. The van der Waals surface area contributed by atoms with Gasteiger partial charge < -0.3 is 14.9 Å².